The predicted molar refractivity (Wildman–Crippen MR) is 56.3 cm³/mol. The van der Waals surface area contributed by atoms with Gasteiger partial charge in [-0.25, -0.2) is 0 Å². The molecule has 14 heavy (non-hydrogen) atoms. The van der Waals surface area contributed by atoms with Gasteiger partial charge >= 0.3 is 0 Å². The van der Waals surface area contributed by atoms with Crippen LogP contribution in [0.25, 0.3) is 0 Å². The van der Waals surface area contributed by atoms with E-state index in [1.165, 1.54) is 0 Å². The third-order valence-corrected chi connectivity index (χ3v) is 3.15. The molecule has 0 bridgehead atoms. The van der Waals surface area contributed by atoms with E-state index in [1.807, 2.05) is 6.26 Å². The highest BCUT2D eigenvalue weighted by Gasteiger charge is 2.29. The summed E-state index contributed by atoms with van der Waals surface area (Å²) in [5.74, 6) is 2.84. The van der Waals surface area contributed by atoms with Crippen LogP contribution in [-0.4, -0.2) is 29.0 Å². The van der Waals surface area contributed by atoms with E-state index in [-0.39, 0.29) is 0 Å². The van der Waals surface area contributed by atoms with Gasteiger partial charge in [0, 0.05) is 6.04 Å². The fourth-order valence-corrected chi connectivity index (χ4v) is 2.18. The van der Waals surface area contributed by atoms with Crippen molar-refractivity contribution in [3.8, 4) is 0 Å². The average molecular weight is 213 g/mol. The zero-order chi connectivity index (χ0) is 9.97. The predicted octanol–water partition coefficient (Wildman–Crippen LogP) is 1.40. The minimum absolute atomic E-state index is 0.401. The molecule has 2 rings (SSSR count). The van der Waals surface area contributed by atoms with Gasteiger partial charge in [-0.1, -0.05) is 5.16 Å². The van der Waals surface area contributed by atoms with Crippen molar-refractivity contribution in [2.45, 2.75) is 31.1 Å². The van der Waals surface area contributed by atoms with E-state index in [0.29, 0.717) is 12.0 Å². The quantitative estimate of drug-likeness (QED) is 0.822. The highest BCUT2D eigenvalue weighted by Crippen LogP contribution is 2.26. The van der Waals surface area contributed by atoms with Crippen molar-refractivity contribution in [2.75, 3.05) is 12.8 Å². The fraction of sp³-hybridized carbons (Fsp3) is 0.778. The van der Waals surface area contributed by atoms with Gasteiger partial charge in [0.25, 0.3) is 0 Å². The molecule has 0 radical (unpaired) electrons. The summed E-state index contributed by atoms with van der Waals surface area (Å²) in [5.41, 5.74) is 0. The van der Waals surface area contributed by atoms with Gasteiger partial charge in [0.05, 0.1) is 11.7 Å². The zero-order valence-corrected chi connectivity index (χ0v) is 9.30. The molecule has 2 unspecified atom stereocenters. The first-order valence-electron chi connectivity index (χ1n) is 4.86. The summed E-state index contributed by atoms with van der Waals surface area (Å²) in [5, 5.41) is 7.33. The molecule has 4 nitrogen and oxygen atoms in total. The smallest absolute Gasteiger partial charge is 0.231 e. The van der Waals surface area contributed by atoms with Crippen LogP contribution >= 0.6 is 11.8 Å². The number of aromatic nitrogens is 2. The number of nitrogens with one attached hydrogen (secondary N) is 1. The lowest BCUT2D eigenvalue weighted by atomic mass is 10.0. The standard InChI is InChI=1S/C9H15N3OS/c1-6-7(3-4-10-6)9-11-8(5-14-2)12-13-9/h6-7,10H,3-5H2,1-2H3. The van der Waals surface area contributed by atoms with E-state index < -0.39 is 0 Å². The molecule has 2 heterocycles. The lowest BCUT2D eigenvalue weighted by Gasteiger charge is -2.08. The van der Waals surface area contributed by atoms with Crippen molar-refractivity contribution in [1.82, 2.24) is 15.5 Å². The first kappa shape index (κ1) is 9.98. The molecular formula is C9H15N3OS. The Morgan fingerprint density at radius 2 is 2.50 bits per heavy atom. The van der Waals surface area contributed by atoms with E-state index in [2.05, 4.69) is 22.4 Å². The van der Waals surface area contributed by atoms with Crippen LogP contribution in [0.1, 0.15) is 31.0 Å². The maximum absolute atomic E-state index is 5.26. The van der Waals surface area contributed by atoms with E-state index in [0.717, 1.165) is 30.4 Å². The van der Waals surface area contributed by atoms with Gasteiger partial charge in [0.1, 0.15) is 0 Å². The summed E-state index contributed by atoms with van der Waals surface area (Å²) in [6.07, 6.45) is 3.14. The Labute approximate surface area is 87.8 Å². The van der Waals surface area contributed by atoms with Crippen LogP contribution in [0.15, 0.2) is 4.52 Å². The second kappa shape index (κ2) is 4.31. The molecule has 0 spiro atoms. The van der Waals surface area contributed by atoms with Crippen molar-refractivity contribution in [3.63, 3.8) is 0 Å². The molecule has 1 N–H and O–H groups in total. The van der Waals surface area contributed by atoms with Crippen molar-refractivity contribution in [1.29, 1.82) is 0 Å². The topological polar surface area (TPSA) is 51.0 Å². The summed E-state index contributed by atoms with van der Waals surface area (Å²) in [6, 6.07) is 0.456. The van der Waals surface area contributed by atoms with Crippen LogP contribution in [0.2, 0.25) is 0 Å². The highest BCUT2D eigenvalue weighted by molar-refractivity contribution is 7.97. The number of hydrogen-bond donors (Lipinski definition) is 1. The Bertz CT molecular complexity index is 302. The average Bonchev–Trinajstić information content (AvgIpc) is 2.74. The fourth-order valence-electron chi connectivity index (χ4n) is 1.80. The van der Waals surface area contributed by atoms with Gasteiger partial charge in [-0.05, 0) is 26.1 Å². The van der Waals surface area contributed by atoms with Crippen molar-refractivity contribution >= 4 is 11.8 Å². The van der Waals surface area contributed by atoms with Crippen molar-refractivity contribution < 1.29 is 4.52 Å². The second-order valence-corrected chi connectivity index (χ2v) is 4.49. The lowest BCUT2D eigenvalue weighted by Crippen LogP contribution is -2.21. The molecule has 0 amide bonds. The molecule has 0 saturated carbocycles. The highest BCUT2D eigenvalue weighted by atomic mass is 32.2. The Balaban J connectivity index is 2.08. The van der Waals surface area contributed by atoms with Gasteiger partial charge in [-0.3, -0.25) is 0 Å². The molecule has 1 aromatic heterocycles. The molecule has 1 saturated heterocycles. The summed E-state index contributed by atoms with van der Waals surface area (Å²) in [6.45, 7) is 3.21. The first-order chi connectivity index (χ1) is 6.81. The monoisotopic (exact) mass is 213 g/mol. The number of hydrogen-bond acceptors (Lipinski definition) is 5. The number of thioether (sulfide) groups is 1. The number of nitrogens with zero attached hydrogens (tertiary/aromatic N) is 2. The van der Waals surface area contributed by atoms with Crippen molar-refractivity contribution in [3.05, 3.63) is 11.7 Å². The summed E-state index contributed by atoms with van der Waals surface area (Å²) in [7, 11) is 0. The molecule has 1 fully saturated rings. The molecule has 0 aromatic carbocycles. The van der Waals surface area contributed by atoms with Crippen LogP contribution in [0.5, 0.6) is 0 Å². The van der Waals surface area contributed by atoms with E-state index in [9.17, 15) is 0 Å². The Morgan fingerprint density at radius 3 is 3.14 bits per heavy atom. The van der Waals surface area contributed by atoms with E-state index >= 15 is 0 Å². The summed E-state index contributed by atoms with van der Waals surface area (Å²) < 4.78 is 5.26. The second-order valence-electron chi connectivity index (χ2n) is 3.62. The summed E-state index contributed by atoms with van der Waals surface area (Å²) in [4.78, 5) is 4.39. The molecule has 1 aromatic rings. The lowest BCUT2D eigenvalue weighted by molar-refractivity contribution is 0.342. The van der Waals surface area contributed by atoms with Gasteiger partial charge in [0.15, 0.2) is 5.82 Å². The third-order valence-electron chi connectivity index (χ3n) is 2.60. The largest absolute Gasteiger partial charge is 0.339 e. The molecular weight excluding hydrogens is 198 g/mol. The number of rotatable bonds is 3. The Morgan fingerprint density at radius 1 is 1.64 bits per heavy atom. The molecule has 5 heteroatoms. The Kier molecular flexibility index (Phi) is 3.08. The molecule has 1 aliphatic heterocycles. The van der Waals surface area contributed by atoms with Crippen LogP contribution < -0.4 is 5.32 Å². The van der Waals surface area contributed by atoms with Crippen LogP contribution in [0.3, 0.4) is 0 Å². The minimum atomic E-state index is 0.401. The maximum Gasteiger partial charge on any atom is 0.231 e. The van der Waals surface area contributed by atoms with E-state index in [4.69, 9.17) is 4.52 Å². The zero-order valence-electron chi connectivity index (χ0n) is 8.49. The molecule has 1 aliphatic rings. The van der Waals surface area contributed by atoms with Crippen molar-refractivity contribution in [2.24, 2.45) is 0 Å². The Hall–Kier alpha value is -0.550. The van der Waals surface area contributed by atoms with Crippen LogP contribution in [-0.2, 0) is 5.75 Å². The molecule has 0 aliphatic carbocycles. The third kappa shape index (κ3) is 1.93. The van der Waals surface area contributed by atoms with Crippen LogP contribution in [0.4, 0.5) is 0 Å². The maximum atomic E-state index is 5.26. The van der Waals surface area contributed by atoms with Crippen LogP contribution in [0, 0.1) is 0 Å². The molecule has 2 atom stereocenters. The molecule has 78 valence electrons. The first-order valence-corrected chi connectivity index (χ1v) is 6.25. The normalized spacial score (nSPS) is 27.0. The SMILES string of the molecule is CSCc1noc(C2CCNC2C)n1. The summed E-state index contributed by atoms with van der Waals surface area (Å²) >= 11 is 1.71. The van der Waals surface area contributed by atoms with Gasteiger partial charge in [-0.2, -0.15) is 16.7 Å². The minimum Gasteiger partial charge on any atom is -0.339 e. The van der Waals surface area contributed by atoms with E-state index in [1.54, 1.807) is 11.8 Å². The van der Waals surface area contributed by atoms with Gasteiger partial charge in [0.2, 0.25) is 5.89 Å². The van der Waals surface area contributed by atoms with Gasteiger partial charge < -0.3 is 9.84 Å². The van der Waals surface area contributed by atoms with Gasteiger partial charge in [-0.15, -0.1) is 0 Å².